The van der Waals surface area contributed by atoms with Crippen molar-refractivity contribution < 1.29 is 14.3 Å². The van der Waals surface area contributed by atoms with Gasteiger partial charge in [0.25, 0.3) is 0 Å². The number of pyridine rings is 1. The predicted molar refractivity (Wildman–Crippen MR) is 115 cm³/mol. The Morgan fingerprint density at radius 2 is 1.97 bits per heavy atom. The highest BCUT2D eigenvalue weighted by Crippen LogP contribution is 2.24. The summed E-state index contributed by atoms with van der Waals surface area (Å²) in [5.41, 5.74) is 1.21. The van der Waals surface area contributed by atoms with Crippen molar-refractivity contribution in [2.75, 3.05) is 17.7 Å². The van der Waals surface area contributed by atoms with E-state index in [0.29, 0.717) is 28.1 Å². The van der Waals surface area contributed by atoms with Gasteiger partial charge in [0.15, 0.2) is 5.16 Å². The van der Waals surface area contributed by atoms with Crippen LogP contribution in [0.4, 0.5) is 11.4 Å². The zero-order valence-electron chi connectivity index (χ0n) is 16.8. The molecule has 9 nitrogen and oxygen atoms in total. The van der Waals surface area contributed by atoms with Gasteiger partial charge in [-0.15, -0.1) is 10.2 Å². The Balaban J connectivity index is 1.60. The van der Waals surface area contributed by atoms with E-state index in [9.17, 15) is 9.59 Å². The molecule has 1 aromatic carbocycles. The lowest BCUT2D eigenvalue weighted by Gasteiger charge is -2.12. The van der Waals surface area contributed by atoms with Gasteiger partial charge in [-0.25, -0.2) is 0 Å². The van der Waals surface area contributed by atoms with E-state index in [4.69, 9.17) is 4.74 Å². The monoisotopic (exact) mass is 426 g/mol. The Morgan fingerprint density at radius 1 is 1.17 bits per heavy atom. The minimum absolute atomic E-state index is 0.0401. The lowest BCUT2D eigenvalue weighted by molar-refractivity contribution is -0.116. The molecule has 2 amide bonds. The van der Waals surface area contributed by atoms with Gasteiger partial charge in [-0.3, -0.25) is 14.6 Å². The van der Waals surface area contributed by atoms with Crippen molar-refractivity contribution in [3.05, 3.63) is 54.6 Å². The number of hydrogen-bond acceptors (Lipinski definition) is 7. The van der Waals surface area contributed by atoms with Crippen molar-refractivity contribution in [1.82, 2.24) is 19.7 Å². The molecule has 2 heterocycles. The van der Waals surface area contributed by atoms with Crippen molar-refractivity contribution in [3.8, 4) is 5.75 Å². The van der Waals surface area contributed by atoms with Gasteiger partial charge in [0, 0.05) is 13.2 Å². The van der Waals surface area contributed by atoms with Gasteiger partial charge >= 0.3 is 0 Å². The molecule has 2 aromatic heterocycles. The van der Waals surface area contributed by atoms with E-state index in [0.717, 1.165) is 0 Å². The van der Waals surface area contributed by atoms with E-state index in [1.165, 1.54) is 11.8 Å². The van der Waals surface area contributed by atoms with Crippen LogP contribution >= 0.6 is 11.8 Å². The van der Waals surface area contributed by atoms with Crippen molar-refractivity contribution in [2.24, 2.45) is 7.05 Å². The number of anilines is 2. The second-order valence-corrected chi connectivity index (χ2v) is 7.68. The molecule has 1 unspecified atom stereocenters. The maximum Gasteiger partial charge on any atom is 0.237 e. The predicted octanol–water partition coefficient (Wildman–Crippen LogP) is 2.52. The maximum absolute atomic E-state index is 12.4. The summed E-state index contributed by atoms with van der Waals surface area (Å²) in [6.45, 7) is 1.78. The number of para-hydroxylation sites is 2. The van der Waals surface area contributed by atoms with Gasteiger partial charge in [-0.2, -0.15) is 0 Å². The third kappa shape index (κ3) is 5.35. The van der Waals surface area contributed by atoms with E-state index in [-0.39, 0.29) is 18.2 Å². The number of carbonyl (C=O) groups excluding carboxylic acids is 2. The molecule has 0 aliphatic heterocycles. The van der Waals surface area contributed by atoms with Crippen LogP contribution in [0, 0.1) is 0 Å². The number of amides is 2. The third-order valence-corrected chi connectivity index (χ3v) is 5.34. The molecule has 3 rings (SSSR count). The highest BCUT2D eigenvalue weighted by atomic mass is 32.2. The second kappa shape index (κ2) is 9.88. The summed E-state index contributed by atoms with van der Waals surface area (Å²) in [4.78, 5) is 28.8. The highest BCUT2D eigenvalue weighted by molar-refractivity contribution is 8.00. The summed E-state index contributed by atoms with van der Waals surface area (Å²) in [5.74, 6) is 0.652. The van der Waals surface area contributed by atoms with E-state index in [1.54, 1.807) is 62.3 Å². The van der Waals surface area contributed by atoms with Crippen LogP contribution in [-0.2, 0) is 23.1 Å². The normalized spacial score (nSPS) is 11.6. The summed E-state index contributed by atoms with van der Waals surface area (Å²) in [6, 6.07) is 10.7. The van der Waals surface area contributed by atoms with Crippen molar-refractivity contribution in [3.63, 3.8) is 0 Å². The molecule has 0 aliphatic carbocycles. The maximum atomic E-state index is 12.4. The Labute approximate surface area is 178 Å². The molecule has 0 spiro atoms. The third-order valence-electron chi connectivity index (χ3n) is 4.21. The molecule has 0 saturated heterocycles. The van der Waals surface area contributed by atoms with Crippen LogP contribution in [0.3, 0.4) is 0 Å². The average molecular weight is 427 g/mol. The lowest BCUT2D eigenvalue weighted by Crippen LogP contribution is -2.23. The molecule has 156 valence electrons. The molecule has 10 heteroatoms. The summed E-state index contributed by atoms with van der Waals surface area (Å²) in [5, 5.41) is 14.0. The Morgan fingerprint density at radius 3 is 2.70 bits per heavy atom. The molecule has 0 aliphatic rings. The minimum atomic E-state index is -0.414. The minimum Gasteiger partial charge on any atom is -0.495 e. The van der Waals surface area contributed by atoms with Gasteiger partial charge in [0.2, 0.25) is 11.8 Å². The van der Waals surface area contributed by atoms with Crippen LogP contribution in [0.5, 0.6) is 5.75 Å². The molecule has 2 N–H and O–H groups in total. The number of ether oxygens (including phenoxy) is 1. The Bertz CT molecular complexity index is 1020. The fraction of sp³-hybridized carbons (Fsp3) is 0.250. The largest absolute Gasteiger partial charge is 0.495 e. The SMILES string of the molecule is COc1ccccc1NC(=O)Cc1nnc(SC(C)C(=O)Nc2cccnc2)n1C. The zero-order chi connectivity index (χ0) is 21.5. The number of hydrogen-bond donors (Lipinski definition) is 2. The van der Waals surface area contributed by atoms with Crippen LogP contribution in [0.25, 0.3) is 0 Å². The lowest BCUT2D eigenvalue weighted by atomic mass is 10.2. The van der Waals surface area contributed by atoms with Crippen molar-refractivity contribution in [2.45, 2.75) is 23.8 Å². The fourth-order valence-corrected chi connectivity index (χ4v) is 3.41. The molecule has 0 saturated carbocycles. The number of methoxy groups -OCH3 is 1. The summed E-state index contributed by atoms with van der Waals surface area (Å²) in [6.07, 6.45) is 3.26. The van der Waals surface area contributed by atoms with Crippen molar-refractivity contribution in [1.29, 1.82) is 0 Å². The van der Waals surface area contributed by atoms with Crippen molar-refractivity contribution >= 4 is 35.0 Å². The van der Waals surface area contributed by atoms with Crippen LogP contribution in [0.1, 0.15) is 12.7 Å². The van der Waals surface area contributed by atoms with E-state index < -0.39 is 5.25 Å². The summed E-state index contributed by atoms with van der Waals surface area (Å²) < 4.78 is 6.95. The molecular weight excluding hydrogens is 404 g/mol. The van der Waals surface area contributed by atoms with Crippen LogP contribution < -0.4 is 15.4 Å². The first kappa shape index (κ1) is 21.3. The molecule has 0 bridgehead atoms. The smallest absolute Gasteiger partial charge is 0.237 e. The van der Waals surface area contributed by atoms with Gasteiger partial charge < -0.3 is 19.9 Å². The number of benzene rings is 1. The Kier molecular flexibility index (Phi) is 7.02. The second-order valence-electron chi connectivity index (χ2n) is 6.37. The topological polar surface area (TPSA) is 111 Å². The molecule has 1 atom stereocenters. The number of aromatic nitrogens is 4. The molecule has 30 heavy (non-hydrogen) atoms. The average Bonchev–Trinajstić information content (AvgIpc) is 3.08. The molecular formula is C20H22N6O3S. The number of carbonyl (C=O) groups is 2. The standard InChI is InChI=1S/C20H22N6O3S/c1-13(19(28)22-14-7-6-10-21-12-14)30-20-25-24-17(26(20)2)11-18(27)23-15-8-4-5-9-16(15)29-3/h4-10,12-13H,11H2,1-3H3,(H,22,28)(H,23,27). The number of nitrogens with zero attached hydrogens (tertiary/aromatic N) is 4. The summed E-state index contributed by atoms with van der Waals surface area (Å²) >= 11 is 1.26. The first-order chi connectivity index (χ1) is 14.5. The first-order valence-corrected chi connectivity index (χ1v) is 10.0. The summed E-state index contributed by atoms with van der Waals surface area (Å²) in [7, 11) is 3.31. The van der Waals surface area contributed by atoms with Crippen LogP contribution in [-0.4, -0.2) is 43.9 Å². The van der Waals surface area contributed by atoms with E-state index in [2.05, 4.69) is 25.8 Å². The first-order valence-electron chi connectivity index (χ1n) is 9.16. The number of nitrogens with one attached hydrogen (secondary N) is 2. The van der Waals surface area contributed by atoms with Crippen LogP contribution in [0.2, 0.25) is 0 Å². The van der Waals surface area contributed by atoms with E-state index >= 15 is 0 Å². The number of rotatable bonds is 8. The van der Waals surface area contributed by atoms with E-state index in [1.807, 2.05) is 12.1 Å². The van der Waals surface area contributed by atoms with Gasteiger partial charge in [-0.05, 0) is 31.2 Å². The Hall–Kier alpha value is -3.40. The number of thioether (sulfide) groups is 1. The molecule has 3 aromatic rings. The van der Waals surface area contributed by atoms with Gasteiger partial charge in [0.1, 0.15) is 11.6 Å². The van der Waals surface area contributed by atoms with Gasteiger partial charge in [-0.1, -0.05) is 23.9 Å². The highest BCUT2D eigenvalue weighted by Gasteiger charge is 2.20. The fourth-order valence-electron chi connectivity index (χ4n) is 2.58. The van der Waals surface area contributed by atoms with Gasteiger partial charge in [0.05, 0.1) is 36.4 Å². The zero-order valence-corrected chi connectivity index (χ0v) is 17.6. The quantitative estimate of drug-likeness (QED) is 0.533. The molecule has 0 fully saturated rings. The van der Waals surface area contributed by atoms with Crippen LogP contribution in [0.15, 0.2) is 53.9 Å². The molecule has 0 radical (unpaired) electrons.